The Balaban J connectivity index is 3.84. The zero-order valence-electron chi connectivity index (χ0n) is 7.01. The van der Waals surface area contributed by atoms with Gasteiger partial charge < -0.3 is 15.3 Å². The number of rotatable bonds is 5. The van der Waals surface area contributed by atoms with E-state index in [1.165, 1.54) is 0 Å². The standard InChI is InChI=1S/C5H13NO6S/c1-5(8,9)6-2-4(7)3-13(10,11)12/h4,6-9H,2-3H2,1H3,(H,10,11,12). The van der Waals surface area contributed by atoms with Crippen molar-refractivity contribution in [1.29, 1.82) is 0 Å². The third kappa shape index (κ3) is 9.67. The van der Waals surface area contributed by atoms with Crippen molar-refractivity contribution in [3.05, 3.63) is 0 Å². The van der Waals surface area contributed by atoms with Gasteiger partial charge >= 0.3 is 0 Å². The average molecular weight is 215 g/mol. The van der Waals surface area contributed by atoms with Crippen molar-refractivity contribution >= 4 is 10.1 Å². The van der Waals surface area contributed by atoms with Gasteiger partial charge in [0.2, 0.25) is 5.91 Å². The highest BCUT2D eigenvalue weighted by molar-refractivity contribution is 7.85. The third-order valence-electron chi connectivity index (χ3n) is 1.08. The third-order valence-corrected chi connectivity index (χ3v) is 1.88. The van der Waals surface area contributed by atoms with Crippen LogP contribution in [0.2, 0.25) is 0 Å². The zero-order valence-corrected chi connectivity index (χ0v) is 7.82. The molecule has 0 bridgehead atoms. The maximum Gasteiger partial charge on any atom is 0.267 e. The summed E-state index contributed by atoms with van der Waals surface area (Å²) in [6, 6.07) is 0. The largest absolute Gasteiger partial charge is 0.391 e. The van der Waals surface area contributed by atoms with E-state index in [1.54, 1.807) is 0 Å². The summed E-state index contributed by atoms with van der Waals surface area (Å²) in [6.07, 6.45) is -1.39. The smallest absolute Gasteiger partial charge is 0.267 e. The zero-order chi connectivity index (χ0) is 10.7. The summed E-state index contributed by atoms with van der Waals surface area (Å²) in [6.45, 7) is 0.649. The fraction of sp³-hybridized carbons (Fsp3) is 1.00. The highest BCUT2D eigenvalue weighted by atomic mass is 32.2. The molecule has 1 atom stereocenters. The highest BCUT2D eigenvalue weighted by Crippen LogP contribution is 1.93. The molecule has 0 aromatic carbocycles. The molecular weight excluding hydrogens is 202 g/mol. The monoisotopic (exact) mass is 215 g/mol. The van der Waals surface area contributed by atoms with E-state index >= 15 is 0 Å². The van der Waals surface area contributed by atoms with Crippen molar-refractivity contribution in [2.45, 2.75) is 18.9 Å². The van der Waals surface area contributed by atoms with Gasteiger partial charge in [0, 0.05) is 13.5 Å². The van der Waals surface area contributed by atoms with E-state index in [0.29, 0.717) is 0 Å². The molecule has 0 saturated heterocycles. The predicted octanol–water partition coefficient (Wildman–Crippen LogP) is -2.52. The second-order valence-electron chi connectivity index (χ2n) is 2.80. The molecule has 0 fully saturated rings. The molecule has 5 N–H and O–H groups in total. The van der Waals surface area contributed by atoms with Crippen molar-refractivity contribution in [3.63, 3.8) is 0 Å². The van der Waals surface area contributed by atoms with E-state index < -0.39 is 27.9 Å². The lowest BCUT2D eigenvalue weighted by Gasteiger charge is -2.19. The van der Waals surface area contributed by atoms with E-state index in [4.69, 9.17) is 19.9 Å². The van der Waals surface area contributed by atoms with Gasteiger partial charge in [0.05, 0.1) is 6.10 Å². The second kappa shape index (κ2) is 4.31. The predicted molar refractivity (Wildman–Crippen MR) is 43.3 cm³/mol. The van der Waals surface area contributed by atoms with E-state index in [-0.39, 0.29) is 6.54 Å². The second-order valence-corrected chi connectivity index (χ2v) is 4.30. The van der Waals surface area contributed by atoms with Crippen LogP contribution in [0.5, 0.6) is 0 Å². The Bertz CT molecular complexity index is 242. The molecule has 80 valence electrons. The summed E-state index contributed by atoms with van der Waals surface area (Å²) >= 11 is 0. The van der Waals surface area contributed by atoms with Crippen molar-refractivity contribution < 1.29 is 28.3 Å². The molecule has 0 aliphatic heterocycles. The highest BCUT2D eigenvalue weighted by Gasteiger charge is 2.19. The Morgan fingerprint density at radius 1 is 1.46 bits per heavy atom. The normalized spacial score (nSPS) is 15.8. The van der Waals surface area contributed by atoms with Gasteiger partial charge in [0.25, 0.3) is 10.1 Å². The number of aliphatic hydroxyl groups excluding tert-OH is 1. The number of hydrogen-bond acceptors (Lipinski definition) is 6. The van der Waals surface area contributed by atoms with E-state index in [9.17, 15) is 8.42 Å². The molecule has 0 aromatic heterocycles. The van der Waals surface area contributed by atoms with Crippen LogP contribution in [0.15, 0.2) is 0 Å². The lowest BCUT2D eigenvalue weighted by atomic mass is 10.4. The van der Waals surface area contributed by atoms with Crippen LogP contribution < -0.4 is 5.32 Å². The Morgan fingerprint density at radius 3 is 2.23 bits per heavy atom. The quantitative estimate of drug-likeness (QED) is 0.253. The number of nitrogens with one attached hydrogen (secondary N) is 1. The Labute approximate surface area is 75.8 Å². The molecule has 0 aromatic rings. The van der Waals surface area contributed by atoms with Crippen LogP contribution in [0.25, 0.3) is 0 Å². The van der Waals surface area contributed by atoms with Crippen LogP contribution in [0, 0.1) is 0 Å². The summed E-state index contributed by atoms with van der Waals surface area (Å²) in [5.41, 5.74) is 0. The fourth-order valence-corrected chi connectivity index (χ4v) is 1.22. The summed E-state index contributed by atoms with van der Waals surface area (Å²) in [5.74, 6) is -3.03. The minimum Gasteiger partial charge on any atom is -0.391 e. The van der Waals surface area contributed by atoms with E-state index in [0.717, 1.165) is 6.92 Å². The van der Waals surface area contributed by atoms with Gasteiger partial charge in [-0.25, -0.2) is 0 Å². The molecule has 0 amide bonds. The molecule has 0 spiro atoms. The minimum absolute atomic E-state index is 0.358. The lowest BCUT2D eigenvalue weighted by molar-refractivity contribution is -0.172. The molecule has 8 heteroatoms. The fourth-order valence-electron chi connectivity index (χ4n) is 0.613. The summed E-state index contributed by atoms with van der Waals surface area (Å²) in [4.78, 5) is 0. The molecular formula is C5H13NO6S. The number of hydrogen-bond donors (Lipinski definition) is 5. The summed E-state index contributed by atoms with van der Waals surface area (Å²) in [5, 5.41) is 28.3. The minimum atomic E-state index is -4.24. The van der Waals surface area contributed by atoms with Crippen molar-refractivity contribution in [2.24, 2.45) is 0 Å². The average Bonchev–Trinajstić information content (AvgIpc) is 1.78. The van der Waals surface area contributed by atoms with Crippen LogP contribution in [0.3, 0.4) is 0 Å². The topological polar surface area (TPSA) is 127 Å². The number of aliphatic hydroxyl groups is 3. The van der Waals surface area contributed by atoms with E-state index in [1.807, 2.05) is 5.32 Å². The molecule has 0 radical (unpaired) electrons. The van der Waals surface area contributed by atoms with Gasteiger partial charge in [-0.1, -0.05) is 0 Å². The molecule has 7 nitrogen and oxygen atoms in total. The molecule has 0 rings (SSSR count). The van der Waals surface area contributed by atoms with Gasteiger partial charge in [0.15, 0.2) is 0 Å². The Hall–Kier alpha value is -0.250. The molecule has 0 heterocycles. The maximum atomic E-state index is 10.2. The molecule has 0 aliphatic rings. The summed E-state index contributed by atoms with van der Waals surface area (Å²) in [7, 11) is -4.24. The van der Waals surface area contributed by atoms with Crippen LogP contribution >= 0.6 is 0 Å². The van der Waals surface area contributed by atoms with Crippen LogP contribution in [0.1, 0.15) is 6.92 Å². The van der Waals surface area contributed by atoms with E-state index in [2.05, 4.69) is 0 Å². The van der Waals surface area contributed by atoms with Gasteiger partial charge in [-0.2, -0.15) is 8.42 Å². The Kier molecular flexibility index (Phi) is 4.23. The van der Waals surface area contributed by atoms with Crippen LogP contribution in [0.4, 0.5) is 0 Å². The SMILES string of the molecule is CC(O)(O)NCC(O)CS(=O)(=O)O. The van der Waals surface area contributed by atoms with Crippen molar-refractivity contribution in [1.82, 2.24) is 5.32 Å². The lowest BCUT2D eigenvalue weighted by Crippen LogP contribution is -2.46. The molecule has 13 heavy (non-hydrogen) atoms. The van der Waals surface area contributed by atoms with Crippen molar-refractivity contribution in [3.8, 4) is 0 Å². The Morgan fingerprint density at radius 2 is 1.92 bits per heavy atom. The van der Waals surface area contributed by atoms with Gasteiger partial charge in [-0.15, -0.1) is 0 Å². The van der Waals surface area contributed by atoms with Crippen LogP contribution in [-0.2, 0) is 10.1 Å². The first-order chi connectivity index (χ1) is 5.60. The van der Waals surface area contributed by atoms with Crippen molar-refractivity contribution in [2.75, 3.05) is 12.3 Å². The maximum absolute atomic E-state index is 10.2. The molecule has 1 unspecified atom stereocenters. The van der Waals surface area contributed by atoms with Gasteiger partial charge in [-0.3, -0.25) is 9.87 Å². The molecule has 0 saturated carbocycles. The summed E-state index contributed by atoms with van der Waals surface area (Å²) < 4.78 is 28.7. The first kappa shape index (κ1) is 12.8. The van der Waals surface area contributed by atoms with Gasteiger partial charge in [0.1, 0.15) is 5.75 Å². The first-order valence-corrected chi connectivity index (χ1v) is 5.04. The van der Waals surface area contributed by atoms with Crippen LogP contribution in [-0.4, -0.2) is 52.6 Å². The molecule has 0 aliphatic carbocycles. The first-order valence-electron chi connectivity index (χ1n) is 3.43. The van der Waals surface area contributed by atoms with Gasteiger partial charge in [-0.05, 0) is 0 Å².